The molecule has 2 rings (SSSR count). The highest BCUT2D eigenvalue weighted by atomic mass is 79.9. The summed E-state index contributed by atoms with van der Waals surface area (Å²) < 4.78 is 38.0. The summed E-state index contributed by atoms with van der Waals surface area (Å²) in [7, 11) is 0. The van der Waals surface area contributed by atoms with Crippen molar-refractivity contribution in [1.29, 1.82) is 0 Å². The van der Waals surface area contributed by atoms with E-state index in [1.165, 1.54) is 0 Å². The SMILES string of the molecule is FC(F)(F)c1cc2c(Cl)nc(Cl)nc2c(Cl)c1Br. The van der Waals surface area contributed by atoms with Crippen molar-refractivity contribution >= 4 is 61.6 Å². The van der Waals surface area contributed by atoms with Crippen LogP contribution in [-0.2, 0) is 6.18 Å². The van der Waals surface area contributed by atoms with Crippen molar-refractivity contribution in [3.05, 3.63) is 31.6 Å². The molecule has 2 nitrogen and oxygen atoms in total. The van der Waals surface area contributed by atoms with E-state index in [2.05, 4.69) is 25.9 Å². The van der Waals surface area contributed by atoms with Crippen LogP contribution in [0.2, 0.25) is 15.5 Å². The normalized spacial score (nSPS) is 12.2. The van der Waals surface area contributed by atoms with Crippen molar-refractivity contribution < 1.29 is 13.2 Å². The topological polar surface area (TPSA) is 25.8 Å². The number of halogens is 7. The lowest BCUT2D eigenvalue weighted by Gasteiger charge is -2.12. The Bertz CT molecular complexity index is 645. The summed E-state index contributed by atoms with van der Waals surface area (Å²) in [6.07, 6.45) is -4.57. The lowest BCUT2D eigenvalue weighted by molar-refractivity contribution is -0.138. The van der Waals surface area contributed by atoms with Crippen LogP contribution in [0, 0.1) is 0 Å². The lowest BCUT2D eigenvalue weighted by Crippen LogP contribution is -2.07. The molecule has 18 heavy (non-hydrogen) atoms. The van der Waals surface area contributed by atoms with Crippen molar-refractivity contribution in [2.75, 3.05) is 0 Å². The largest absolute Gasteiger partial charge is 0.417 e. The van der Waals surface area contributed by atoms with Gasteiger partial charge in [0, 0.05) is 5.39 Å². The Morgan fingerprint density at radius 2 is 1.72 bits per heavy atom. The second-order valence-electron chi connectivity index (χ2n) is 3.23. The second-order valence-corrected chi connectivity index (χ2v) is 5.10. The number of rotatable bonds is 0. The lowest BCUT2D eigenvalue weighted by atomic mass is 10.1. The molecule has 1 heterocycles. The Morgan fingerprint density at radius 1 is 1.11 bits per heavy atom. The minimum atomic E-state index is -4.57. The number of aromatic nitrogens is 2. The van der Waals surface area contributed by atoms with Gasteiger partial charge in [-0.1, -0.05) is 23.2 Å². The van der Waals surface area contributed by atoms with Crippen LogP contribution in [0.15, 0.2) is 10.5 Å². The molecule has 0 aliphatic heterocycles. The van der Waals surface area contributed by atoms with Gasteiger partial charge in [0.15, 0.2) is 0 Å². The number of benzene rings is 1. The Balaban J connectivity index is 2.93. The Morgan fingerprint density at radius 3 is 2.28 bits per heavy atom. The molecule has 0 unspecified atom stereocenters. The summed E-state index contributed by atoms with van der Waals surface area (Å²) in [6.45, 7) is 0. The summed E-state index contributed by atoms with van der Waals surface area (Å²) in [6, 6.07) is 0.823. The molecule has 0 atom stereocenters. The van der Waals surface area contributed by atoms with E-state index in [-0.39, 0.29) is 30.8 Å². The summed E-state index contributed by atoms with van der Waals surface area (Å²) in [4.78, 5) is 7.33. The first-order valence-electron chi connectivity index (χ1n) is 4.29. The van der Waals surface area contributed by atoms with Gasteiger partial charge in [-0.25, -0.2) is 9.97 Å². The average Bonchev–Trinajstić information content (AvgIpc) is 2.22. The number of hydrogen-bond acceptors (Lipinski definition) is 2. The zero-order valence-electron chi connectivity index (χ0n) is 8.12. The van der Waals surface area contributed by atoms with Crippen LogP contribution in [0.5, 0.6) is 0 Å². The van der Waals surface area contributed by atoms with Crippen LogP contribution in [-0.4, -0.2) is 9.97 Å². The summed E-state index contributed by atoms with van der Waals surface area (Å²) >= 11 is 19.9. The van der Waals surface area contributed by atoms with Crippen molar-refractivity contribution in [3.63, 3.8) is 0 Å². The van der Waals surface area contributed by atoms with Gasteiger partial charge in [-0.15, -0.1) is 0 Å². The number of hydrogen-bond donors (Lipinski definition) is 0. The molecule has 0 aliphatic rings. The fourth-order valence-corrected chi connectivity index (χ4v) is 2.56. The molecule has 1 aromatic carbocycles. The van der Waals surface area contributed by atoms with Crippen molar-refractivity contribution in [2.24, 2.45) is 0 Å². The third kappa shape index (κ3) is 2.39. The molecule has 9 heteroatoms. The molecule has 0 saturated carbocycles. The smallest absolute Gasteiger partial charge is 0.216 e. The Kier molecular flexibility index (Phi) is 3.66. The van der Waals surface area contributed by atoms with Gasteiger partial charge in [0.1, 0.15) is 5.15 Å². The van der Waals surface area contributed by atoms with E-state index in [9.17, 15) is 13.2 Å². The summed E-state index contributed by atoms with van der Waals surface area (Å²) in [5.74, 6) is 0. The van der Waals surface area contributed by atoms with Gasteiger partial charge in [-0.3, -0.25) is 0 Å². The minimum absolute atomic E-state index is 0.0124. The van der Waals surface area contributed by atoms with Gasteiger partial charge in [-0.2, -0.15) is 13.2 Å². The standard InChI is InChI=1S/C9HBrCl3F3N2/c10-4-3(9(14,15)16)1-2-6(5(4)11)17-8(13)18-7(2)12/h1H. The van der Waals surface area contributed by atoms with Gasteiger partial charge in [-0.05, 0) is 33.6 Å². The van der Waals surface area contributed by atoms with Gasteiger partial charge < -0.3 is 0 Å². The number of alkyl halides is 3. The predicted molar refractivity (Wildman–Crippen MR) is 67.3 cm³/mol. The number of nitrogens with zero attached hydrogens (tertiary/aromatic N) is 2. The fourth-order valence-electron chi connectivity index (χ4n) is 1.35. The second kappa shape index (κ2) is 4.67. The summed E-state index contributed by atoms with van der Waals surface area (Å²) in [5, 5.41) is -0.612. The first-order chi connectivity index (χ1) is 8.21. The molecule has 96 valence electrons. The maximum Gasteiger partial charge on any atom is 0.417 e. The molecule has 0 radical (unpaired) electrons. The zero-order chi connectivity index (χ0) is 13.7. The van der Waals surface area contributed by atoms with Crippen LogP contribution < -0.4 is 0 Å². The first kappa shape index (κ1) is 14.1. The van der Waals surface area contributed by atoms with Crippen molar-refractivity contribution in [2.45, 2.75) is 6.18 Å². The molecule has 0 spiro atoms. The number of fused-ring (bicyclic) bond motifs is 1. The molecular weight excluding hydrogens is 379 g/mol. The third-order valence-corrected chi connectivity index (χ3v) is 3.98. The van der Waals surface area contributed by atoms with Crippen LogP contribution in [0.25, 0.3) is 10.9 Å². The Hall–Kier alpha value is -0.300. The van der Waals surface area contributed by atoms with E-state index >= 15 is 0 Å². The van der Waals surface area contributed by atoms with Crippen LogP contribution >= 0.6 is 50.7 Å². The molecule has 1 aromatic heterocycles. The van der Waals surface area contributed by atoms with Crippen LogP contribution in [0.3, 0.4) is 0 Å². The maximum atomic E-state index is 12.8. The third-order valence-electron chi connectivity index (χ3n) is 2.10. The minimum Gasteiger partial charge on any atom is -0.216 e. The van der Waals surface area contributed by atoms with Crippen LogP contribution in [0.1, 0.15) is 5.56 Å². The highest BCUT2D eigenvalue weighted by molar-refractivity contribution is 9.10. The average molecular weight is 380 g/mol. The molecule has 0 fully saturated rings. The fraction of sp³-hybridized carbons (Fsp3) is 0.111. The quantitative estimate of drug-likeness (QED) is 0.454. The summed E-state index contributed by atoms with van der Waals surface area (Å²) in [5.41, 5.74) is -0.894. The molecular formula is C9HBrCl3F3N2. The zero-order valence-corrected chi connectivity index (χ0v) is 12.0. The molecule has 0 bridgehead atoms. The highest BCUT2D eigenvalue weighted by Gasteiger charge is 2.35. The van der Waals surface area contributed by atoms with Crippen molar-refractivity contribution in [1.82, 2.24) is 9.97 Å². The van der Waals surface area contributed by atoms with E-state index in [1.54, 1.807) is 0 Å². The monoisotopic (exact) mass is 378 g/mol. The van der Waals surface area contributed by atoms with E-state index in [0.717, 1.165) is 6.07 Å². The van der Waals surface area contributed by atoms with Gasteiger partial charge in [0.25, 0.3) is 0 Å². The molecule has 0 N–H and O–H groups in total. The molecule has 0 saturated heterocycles. The maximum absolute atomic E-state index is 12.8. The van der Waals surface area contributed by atoms with Crippen LogP contribution in [0.4, 0.5) is 13.2 Å². The van der Waals surface area contributed by atoms with E-state index in [0.29, 0.717) is 0 Å². The van der Waals surface area contributed by atoms with Gasteiger partial charge in [0.05, 0.1) is 20.6 Å². The van der Waals surface area contributed by atoms with Crippen molar-refractivity contribution in [3.8, 4) is 0 Å². The van der Waals surface area contributed by atoms with E-state index in [4.69, 9.17) is 34.8 Å². The highest BCUT2D eigenvalue weighted by Crippen LogP contribution is 2.42. The molecule has 2 aromatic rings. The predicted octanol–water partition coefficient (Wildman–Crippen LogP) is 5.37. The van der Waals surface area contributed by atoms with Gasteiger partial charge in [0.2, 0.25) is 5.28 Å². The molecule has 0 amide bonds. The van der Waals surface area contributed by atoms with Gasteiger partial charge >= 0.3 is 6.18 Å². The van der Waals surface area contributed by atoms with E-state index in [1.807, 2.05) is 0 Å². The van der Waals surface area contributed by atoms with E-state index < -0.39 is 11.7 Å². The first-order valence-corrected chi connectivity index (χ1v) is 6.22. The Labute approximate surface area is 122 Å². The molecule has 0 aliphatic carbocycles.